The normalized spacial score (nSPS) is 14.3. The molecular formula is C25H16F5NS. The first-order valence-corrected chi connectivity index (χ1v) is 11.7. The van der Waals surface area contributed by atoms with E-state index in [1.807, 2.05) is 42.5 Å². The summed E-state index contributed by atoms with van der Waals surface area (Å²) in [6.45, 7) is 0. The fourth-order valence-electron chi connectivity index (χ4n) is 3.80. The van der Waals surface area contributed by atoms with Gasteiger partial charge in [0.2, 0.25) is 0 Å². The number of hydrogen-bond donors (Lipinski definition) is 0. The number of aromatic nitrogens is 1. The quantitative estimate of drug-likeness (QED) is 0.246. The molecule has 0 bridgehead atoms. The molecule has 5 aromatic rings. The molecule has 1 nitrogen and oxygen atoms in total. The van der Waals surface area contributed by atoms with E-state index < -0.39 is 15.1 Å². The maximum Gasteiger partial charge on any atom is 0.310 e. The standard InChI is InChI=1S/C25H16F5NS/c26-32(27,28,29,30)21-12-13-24-23(15-21)22(18-7-2-1-3-8-18)16-25(31-24)20-11-10-17-6-4-5-9-19(17)14-20/h1-16H. The average Bonchev–Trinajstić information content (AvgIpc) is 2.76. The van der Waals surface area contributed by atoms with Gasteiger partial charge in [0.05, 0.1) is 11.2 Å². The third kappa shape index (κ3) is 3.80. The molecule has 0 amide bonds. The Balaban J connectivity index is 1.80. The summed E-state index contributed by atoms with van der Waals surface area (Å²) in [5.74, 6) is 0. The third-order valence-corrected chi connectivity index (χ3v) is 6.50. The van der Waals surface area contributed by atoms with Gasteiger partial charge in [-0.1, -0.05) is 86.2 Å². The van der Waals surface area contributed by atoms with E-state index in [-0.39, 0.29) is 10.9 Å². The zero-order valence-electron chi connectivity index (χ0n) is 16.5. The zero-order valence-corrected chi connectivity index (χ0v) is 17.3. The molecule has 1 aromatic heterocycles. The number of fused-ring (bicyclic) bond motifs is 2. The molecule has 0 aliphatic rings. The fourth-order valence-corrected chi connectivity index (χ4v) is 4.46. The van der Waals surface area contributed by atoms with Crippen LogP contribution in [-0.4, -0.2) is 4.98 Å². The van der Waals surface area contributed by atoms with Gasteiger partial charge < -0.3 is 0 Å². The third-order valence-electron chi connectivity index (χ3n) is 5.36. The van der Waals surface area contributed by atoms with Crippen molar-refractivity contribution in [1.82, 2.24) is 4.98 Å². The lowest BCUT2D eigenvalue weighted by molar-refractivity contribution is 0.364. The Morgan fingerprint density at radius 2 is 1.25 bits per heavy atom. The monoisotopic (exact) mass is 457 g/mol. The smallest absolute Gasteiger partial charge is 0.248 e. The summed E-state index contributed by atoms with van der Waals surface area (Å²) in [7, 11) is -9.83. The zero-order chi connectivity index (χ0) is 22.6. The molecule has 0 fully saturated rings. The largest absolute Gasteiger partial charge is 0.310 e. The average molecular weight is 457 g/mol. The van der Waals surface area contributed by atoms with Gasteiger partial charge in [0.1, 0.15) is 4.90 Å². The Morgan fingerprint density at radius 1 is 0.562 bits per heavy atom. The predicted octanol–water partition coefficient (Wildman–Crippen LogP) is 9.38. The van der Waals surface area contributed by atoms with Crippen molar-refractivity contribution < 1.29 is 19.4 Å². The first-order valence-electron chi connectivity index (χ1n) is 9.71. The molecule has 0 radical (unpaired) electrons. The predicted molar refractivity (Wildman–Crippen MR) is 122 cm³/mol. The van der Waals surface area contributed by atoms with Gasteiger partial charge in [0, 0.05) is 10.9 Å². The lowest BCUT2D eigenvalue weighted by Crippen LogP contribution is -2.06. The summed E-state index contributed by atoms with van der Waals surface area (Å²) in [4.78, 5) is 2.59. The molecule has 0 aliphatic carbocycles. The van der Waals surface area contributed by atoms with Gasteiger partial charge in [-0.25, -0.2) is 4.98 Å². The lowest BCUT2D eigenvalue weighted by atomic mass is 9.97. The minimum Gasteiger partial charge on any atom is -0.248 e. The van der Waals surface area contributed by atoms with Gasteiger partial charge in [0.15, 0.2) is 0 Å². The highest BCUT2D eigenvalue weighted by Crippen LogP contribution is 3.02. The minimum atomic E-state index is -9.83. The van der Waals surface area contributed by atoms with E-state index in [2.05, 4.69) is 4.98 Å². The van der Waals surface area contributed by atoms with Crippen molar-refractivity contribution in [3.63, 3.8) is 0 Å². The van der Waals surface area contributed by atoms with Crippen LogP contribution in [0, 0.1) is 0 Å². The molecule has 4 aromatic carbocycles. The number of hydrogen-bond acceptors (Lipinski definition) is 1. The molecule has 0 saturated carbocycles. The Labute approximate surface area is 180 Å². The number of halogens is 5. The minimum absolute atomic E-state index is 0.0199. The van der Waals surface area contributed by atoms with Crippen LogP contribution in [0.1, 0.15) is 0 Å². The summed E-state index contributed by atoms with van der Waals surface area (Å²) in [5, 5.41) is 2.05. The van der Waals surface area contributed by atoms with Crippen LogP contribution < -0.4 is 0 Å². The van der Waals surface area contributed by atoms with Crippen molar-refractivity contribution in [2.75, 3.05) is 0 Å². The molecule has 0 unspecified atom stereocenters. The first-order chi connectivity index (χ1) is 15.0. The fraction of sp³-hybridized carbons (Fsp3) is 0. The van der Waals surface area contributed by atoms with Crippen LogP contribution in [0.4, 0.5) is 19.4 Å². The Morgan fingerprint density at radius 3 is 1.97 bits per heavy atom. The maximum atomic E-state index is 13.5. The molecule has 162 valence electrons. The van der Waals surface area contributed by atoms with Crippen molar-refractivity contribution in [3.05, 3.63) is 97.1 Å². The Bertz CT molecular complexity index is 1500. The maximum absolute atomic E-state index is 13.5. The van der Waals surface area contributed by atoms with Crippen LogP contribution in [0.2, 0.25) is 0 Å². The van der Waals surface area contributed by atoms with E-state index in [1.54, 1.807) is 36.4 Å². The second kappa shape index (κ2) is 6.29. The molecule has 0 saturated heterocycles. The SMILES string of the molecule is FS(F)(F)(F)(F)c1ccc2nc(-c3ccc4ccccc4c3)cc(-c3ccccc3)c2c1. The molecule has 0 aliphatic heterocycles. The summed E-state index contributed by atoms with van der Waals surface area (Å²) < 4.78 is 67.4. The Kier molecular flexibility index (Phi) is 4.02. The van der Waals surface area contributed by atoms with Gasteiger partial charge in [-0.3, -0.25) is 0 Å². The van der Waals surface area contributed by atoms with Crippen LogP contribution in [-0.2, 0) is 0 Å². The highest BCUT2D eigenvalue weighted by Gasteiger charge is 2.65. The highest BCUT2D eigenvalue weighted by atomic mass is 32.5. The number of nitrogens with zero attached hydrogens (tertiary/aromatic N) is 1. The summed E-state index contributed by atoms with van der Waals surface area (Å²) >= 11 is 0. The van der Waals surface area contributed by atoms with E-state index in [0.717, 1.165) is 22.4 Å². The van der Waals surface area contributed by atoms with Crippen molar-refractivity contribution >= 4 is 31.9 Å². The number of pyridine rings is 1. The van der Waals surface area contributed by atoms with Crippen LogP contribution >= 0.6 is 10.2 Å². The number of rotatable bonds is 3. The summed E-state index contributed by atoms with van der Waals surface area (Å²) in [5.41, 5.74) is 2.55. The molecule has 7 heteroatoms. The molecule has 1 heterocycles. The van der Waals surface area contributed by atoms with Crippen molar-refractivity contribution in [2.45, 2.75) is 4.90 Å². The van der Waals surface area contributed by atoms with Crippen LogP contribution in [0.5, 0.6) is 0 Å². The molecule has 32 heavy (non-hydrogen) atoms. The van der Waals surface area contributed by atoms with Crippen molar-refractivity contribution in [1.29, 1.82) is 0 Å². The first kappa shape index (κ1) is 20.5. The van der Waals surface area contributed by atoms with E-state index in [0.29, 0.717) is 29.0 Å². The molecule has 5 rings (SSSR count). The van der Waals surface area contributed by atoms with E-state index in [9.17, 15) is 19.4 Å². The summed E-state index contributed by atoms with van der Waals surface area (Å²) in [6, 6.07) is 25.8. The summed E-state index contributed by atoms with van der Waals surface area (Å²) in [6.07, 6.45) is 0. The van der Waals surface area contributed by atoms with Crippen molar-refractivity contribution in [3.8, 4) is 22.4 Å². The van der Waals surface area contributed by atoms with Crippen LogP contribution in [0.25, 0.3) is 44.1 Å². The second-order valence-electron chi connectivity index (χ2n) is 7.63. The lowest BCUT2D eigenvalue weighted by Gasteiger charge is -2.40. The van der Waals surface area contributed by atoms with Gasteiger partial charge in [0.25, 0.3) is 0 Å². The van der Waals surface area contributed by atoms with Gasteiger partial charge >= 0.3 is 10.2 Å². The molecule has 0 spiro atoms. The van der Waals surface area contributed by atoms with E-state index >= 15 is 0 Å². The van der Waals surface area contributed by atoms with Crippen molar-refractivity contribution in [2.24, 2.45) is 0 Å². The topological polar surface area (TPSA) is 12.9 Å². The van der Waals surface area contributed by atoms with E-state index in [1.165, 1.54) is 0 Å². The molecule has 0 N–H and O–H groups in total. The number of benzene rings is 4. The Hall–Kier alpha value is -3.45. The molecular weight excluding hydrogens is 441 g/mol. The van der Waals surface area contributed by atoms with Gasteiger partial charge in [-0.2, -0.15) is 0 Å². The van der Waals surface area contributed by atoms with Crippen LogP contribution in [0.15, 0.2) is 102 Å². The molecule has 0 atom stereocenters. The van der Waals surface area contributed by atoms with Gasteiger partial charge in [-0.15, -0.1) is 0 Å². The van der Waals surface area contributed by atoms with Gasteiger partial charge in [-0.05, 0) is 52.2 Å². The van der Waals surface area contributed by atoms with Crippen LogP contribution in [0.3, 0.4) is 0 Å². The van der Waals surface area contributed by atoms with E-state index in [4.69, 9.17) is 0 Å². The highest BCUT2D eigenvalue weighted by molar-refractivity contribution is 8.45. The second-order valence-corrected chi connectivity index (χ2v) is 10.0.